The molecule has 0 atom stereocenters. The van der Waals surface area contributed by atoms with Crippen molar-refractivity contribution < 1.29 is 10.0 Å². The third-order valence-corrected chi connectivity index (χ3v) is 2.32. The van der Waals surface area contributed by atoms with E-state index >= 15 is 0 Å². The molecular weight excluding hydrogens is 250 g/mol. The molecule has 1 heterocycles. The van der Waals surface area contributed by atoms with Crippen LogP contribution >= 0.6 is 0 Å². The van der Waals surface area contributed by atoms with Crippen LogP contribution in [0.3, 0.4) is 0 Å². The first kappa shape index (κ1) is 15.1. The zero-order valence-electron chi connectivity index (χ0n) is 11.5. The highest BCUT2D eigenvalue weighted by Crippen LogP contribution is 2.31. The average molecular weight is 269 g/mol. The topological polar surface area (TPSA) is 104 Å². The SMILES string of the molecule is CCNc1ncnc(N(C)CC(C)(C)O)c1[N+](=O)[O-]. The van der Waals surface area contributed by atoms with Crippen molar-refractivity contribution in [3.05, 3.63) is 16.4 Å². The number of nitrogens with one attached hydrogen (secondary N) is 1. The van der Waals surface area contributed by atoms with Gasteiger partial charge in [0.25, 0.3) is 0 Å². The lowest BCUT2D eigenvalue weighted by atomic mass is 10.1. The molecule has 1 rings (SSSR count). The van der Waals surface area contributed by atoms with Gasteiger partial charge in [0.1, 0.15) is 6.33 Å². The lowest BCUT2D eigenvalue weighted by molar-refractivity contribution is -0.383. The van der Waals surface area contributed by atoms with E-state index in [4.69, 9.17) is 0 Å². The minimum Gasteiger partial charge on any atom is -0.389 e. The first-order chi connectivity index (χ1) is 8.76. The molecule has 0 aliphatic carbocycles. The lowest BCUT2D eigenvalue weighted by Crippen LogP contribution is -2.37. The molecule has 8 heteroatoms. The maximum atomic E-state index is 11.2. The van der Waals surface area contributed by atoms with Gasteiger partial charge in [0.2, 0.25) is 11.6 Å². The van der Waals surface area contributed by atoms with Crippen LogP contribution in [0.1, 0.15) is 20.8 Å². The van der Waals surface area contributed by atoms with Crippen molar-refractivity contribution >= 4 is 17.3 Å². The fraction of sp³-hybridized carbons (Fsp3) is 0.636. The highest BCUT2D eigenvalue weighted by atomic mass is 16.6. The molecule has 0 saturated heterocycles. The maximum absolute atomic E-state index is 11.2. The monoisotopic (exact) mass is 269 g/mol. The number of aliphatic hydroxyl groups is 1. The molecule has 0 unspecified atom stereocenters. The Bertz CT molecular complexity index is 458. The molecule has 0 saturated carbocycles. The van der Waals surface area contributed by atoms with E-state index in [9.17, 15) is 15.2 Å². The summed E-state index contributed by atoms with van der Waals surface area (Å²) < 4.78 is 0. The normalized spacial score (nSPS) is 11.2. The second kappa shape index (κ2) is 5.79. The van der Waals surface area contributed by atoms with Gasteiger partial charge in [0.15, 0.2) is 0 Å². The highest BCUT2D eigenvalue weighted by molar-refractivity contribution is 5.70. The van der Waals surface area contributed by atoms with Crippen molar-refractivity contribution in [2.24, 2.45) is 0 Å². The summed E-state index contributed by atoms with van der Waals surface area (Å²) in [6.07, 6.45) is 1.27. The zero-order valence-corrected chi connectivity index (χ0v) is 11.5. The Morgan fingerprint density at radius 1 is 1.53 bits per heavy atom. The first-order valence-corrected chi connectivity index (χ1v) is 5.93. The molecule has 0 bridgehead atoms. The Balaban J connectivity index is 3.19. The average Bonchev–Trinajstić information content (AvgIpc) is 2.26. The Morgan fingerprint density at radius 2 is 2.16 bits per heavy atom. The van der Waals surface area contributed by atoms with Gasteiger partial charge < -0.3 is 15.3 Å². The molecule has 1 aromatic heterocycles. The summed E-state index contributed by atoms with van der Waals surface area (Å²) in [6, 6.07) is 0. The van der Waals surface area contributed by atoms with Crippen molar-refractivity contribution in [2.45, 2.75) is 26.4 Å². The molecule has 8 nitrogen and oxygen atoms in total. The van der Waals surface area contributed by atoms with Gasteiger partial charge in [-0.3, -0.25) is 10.1 Å². The van der Waals surface area contributed by atoms with E-state index in [2.05, 4.69) is 15.3 Å². The van der Waals surface area contributed by atoms with Crippen molar-refractivity contribution in [3.8, 4) is 0 Å². The van der Waals surface area contributed by atoms with E-state index < -0.39 is 10.5 Å². The molecular formula is C11H19N5O3. The van der Waals surface area contributed by atoms with E-state index in [1.807, 2.05) is 6.92 Å². The molecule has 0 amide bonds. The molecule has 0 fully saturated rings. The summed E-state index contributed by atoms with van der Waals surface area (Å²) in [7, 11) is 1.64. The van der Waals surface area contributed by atoms with Crippen LogP contribution in [0.4, 0.5) is 17.3 Å². The van der Waals surface area contributed by atoms with Gasteiger partial charge in [-0.15, -0.1) is 0 Å². The number of nitro groups is 1. The van der Waals surface area contributed by atoms with Crippen LogP contribution in [0.25, 0.3) is 0 Å². The summed E-state index contributed by atoms with van der Waals surface area (Å²) in [5, 5.41) is 23.8. The number of hydrogen-bond donors (Lipinski definition) is 2. The number of anilines is 2. The Morgan fingerprint density at radius 3 is 2.63 bits per heavy atom. The van der Waals surface area contributed by atoms with Crippen LogP contribution in [0.15, 0.2) is 6.33 Å². The van der Waals surface area contributed by atoms with Gasteiger partial charge >= 0.3 is 5.69 Å². The Kier molecular flexibility index (Phi) is 4.60. The summed E-state index contributed by atoms with van der Waals surface area (Å²) in [4.78, 5) is 20.0. The van der Waals surface area contributed by atoms with Crippen LogP contribution in [0.5, 0.6) is 0 Å². The van der Waals surface area contributed by atoms with Crippen molar-refractivity contribution in [3.63, 3.8) is 0 Å². The molecule has 19 heavy (non-hydrogen) atoms. The van der Waals surface area contributed by atoms with E-state index in [1.54, 1.807) is 25.8 Å². The molecule has 106 valence electrons. The third-order valence-electron chi connectivity index (χ3n) is 2.32. The van der Waals surface area contributed by atoms with Crippen LogP contribution < -0.4 is 10.2 Å². The molecule has 0 aliphatic heterocycles. The van der Waals surface area contributed by atoms with Crippen molar-refractivity contribution in [1.82, 2.24) is 9.97 Å². The predicted octanol–water partition coefficient (Wildman–Crippen LogP) is 1.02. The summed E-state index contributed by atoms with van der Waals surface area (Å²) in [5.41, 5.74) is -1.16. The number of rotatable bonds is 6. The summed E-state index contributed by atoms with van der Waals surface area (Å²) in [5.74, 6) is 0.359. The first-order valence-electron chi connectivity index (χ1n) is 5.93. The van der Waals surface area contributed by atoms with E-state index in [0.29, 0.717) is 6.54 Å². The minimum atomic E-state index is -0.980. The second-order valence-electron chi connectivity index (χ2n) is 4.85. The number of likely N-dealkylation sites (N-methyl/N-ethyl adjacent to an activating group) is 1. The number of hydrogen-bond acceptors (Lipinski definition) is 7. The third kappa shape index (κ3) is 4.02. The quantitative estimate of drug-likeness (QED) is 0.587. The Hall–Kier alpha value is -1.96. The predicted molar refractivity (Wildman–Crippen MR) is 72.4 cm³/mol. The van der Waals surface area contributed by atoms with Gasteiger partial charge in [0.05, 0.1) is 10.5 Å². The molecule has 0 spiro atoms. The molecule has 0 radical (unpaired) electrons. The minimum absolute atomic E-state index is 0.179. The highest BCUT2D eigenvalue weighted by Gasteiger charge is 2.27. The standard InChI is InChI=1S/C11H19N5O3/c1-5-12-9-8(16(18)19)10(14-7-13-9)15(4)6-11(2,3)17/h7,17H,5-6H2,1-4H3,(H,12,13,14). The van der Waals surface area contributed by atoms with Gasteiger partial charge in [-0.25, -0.2) is 9.97 Å². The molecule has 1 aromatic rings. The van der Waals surface area contributed by atoms with Crippen molar-refractivity contribution in [2.75, 3.05) is 30.4 Å². The molecule has 0 aliphatic rings. The lowest BCUT2D eigenvalue weighted by Gasteiger charge is -2.26. The van der Waals surface area contributed by atoms with E-state index in [1.165, 1.54) is 6.33 Å². The number of nitrogens with zero attached hydrogens (tertiary/aromatic N) is 4. The van der Waals surface area contributed by atoms with Crippen LogP contribution in [-0.2, 0) is 0 Å². The second-order valence-corrected chi connectivity index (χ2v) is 4.85. The summed E-state index contributed by atoms with van der Waals surface area (Å²) in [6.45, 7) is 5.82. The fourth-order valence-electron chi connectivity index (χ4n) is 1.77. The van der Waals surface area contributed by atoms with Crippen LogP contribution in [0.2, 0.25) is 0 Å². The zero-order chi connectivity index (χ0) is 14.6. The molecule has 0 aromatic carbocycles. The van der Waals surface area contributed by atoms with Crippen LogP contribution in [0, 0.1) is 10.1 Å². The van der Waals surface area contributed by atoms with Gasteiger partial charge in [0, 0.05) is 20.1 Å². The van der Waals surface area contributed by atoms with Crippen molar-refractivity contribution in [1.29, 1.82) is 0 Å². The van der Waals surface area contributed by atoms with E-state index in [-0.39, 0.29) is 23.9 Å². The van der Waals surface area contributed by atoms with Gasteiger partial charge in [-0.1, -0.05) is 0 Å². The smallest absolute Gasteiger partial charge is 0.353 e. The van der Waals surface area contributed by atoms with Gasteiger partial charge in [-0.05, 0) is 20.8 Å². The van der Waals surface area contributed by atoms with E-state index in [0.717, 1.165) is 0 Å². The number of aromatic nitrogens is 2. The Labute approximate surface area is 111 Å². The fourth-order valence-corrected chi connectivity index (χ4v) is 1.77. The largest absolute Gasteiger partial charge is 0.389 e. The van der Waals surface area contributed by atoms with Gasteiger partial charge in [-0.2, -0.15) is 0 Å². The maximum Gasteiger partial charge on any atom is 0.353 e. The summed E-state index contributed by atoms with van der Waals surface area (Å²) >= 11 is 0. The molecule has 2 N–H and O–H groups in total. The van der Waals surface area contributed by atoms with Crippen LogP contribution in [-0.4, -0.2) is 45.7 Å².